The van der Waals surface area contributed by atoms with Crippen molar-refractivity contribution in [1.29, 1.82) is 0 Å². The molecule has 1 N–H and O–H groups in total. The average Bonchev–Trinajstić information content (AvgIpc) is 2.41. The number of hydrazone groups is 1. The molecule has 0 radical (unpaired) electrons. The van der Waals surface area contributed by atoms with E-state index >= 15 is 0 Å². The van der Waals surface area contributed by atoms with Crippen LogP contribution in [-0.2, 0) is 16.1 Å². The number of carboxylic acid groups (broad SMARTS) is 1. The van der Waals surface area contributed by atoms with Crippen LogP contribution in [0.15, 0.2) is 29.4 Å². The number of aliphatic carboxylic acids is 1. The van der Waals surface area contributed by atoms with Crippen LogP contribution in [0, 0.1) is 0 Å². The molecule has 1 aliphatic rings. The summed E-state index contributed by atoms with van der Waals surface area (Å²) in [5, 5.41) is 14.0. The highest BCUT2D eigenvalue weighted by Crippen LogP contribution is 2.17. The molecule has 0 fully saturated rings. The summed E-state index contributed by atoms with van der Waals surface area (Å²) in [7, 11) is 1.56. The summed E-state index contributed by atoms with van der Waals surface area (Å²) in [5.74, 6) is -0.569. The smallest absolute Gasteiger partial charge is 0.352 e. The van der Waals surface area contributed by atoms with Crippen molar-refractivity contribution < 1.29 is 19.4 Å². The van der Waals surface area contributed by atoms with Gasteiger partial charge in [-0.1, -0.05) is 12.1 Å². The minimum atomic E-state index is -1.08. The van der Waals surface area contributed by atoms with Crippen LogP contribution in [0.3, 0.4) is 0 Å². The maximum atomic E-state index is 11.7. The van der Waals surface area contributed by atoms with Gasteiger partial charge in [-0.15, -0.1) is 0 Å². The zero-order chi connectivity index (χ0) is 13.8. The zero-order valence-electron chi connectivity index (χ0n) is 10.5. The normalized spacial score (nSPS) is 15.1. The SMILES string of the molecule is COc1cccc(CN2N=C(C(=O)O)CCC2=O)c1. The minimum absolute atomic E-state index is 0.0162. The quantitative estimate of drug-likeness (QED) is 0.885. The molecule has 19 heavy (non-hydrogen) atoms. The number of amides is 1. The third-order valence-electron chi connectivity index (χ3n) is 2.82. The summed E-state index contributed by atoms with van der Waals surface area (Å²) in [6, 6.07) is 7.23. The molecule has 100 valence electrons. The second kappa shape index (κ2) is 5.51. The molecule has 0 unspecified atom stereocenters. The highest BCUT2D eigenvalue weighted by molar-refractivity contribution is 6.36. The molecule has 2 rings (SSSR count). The van der Waals surface area contributed by atoms with Crippen LogP contribution in [-0.4, -0.2) is 34.8 Å². The molecule has 1 heterocycles. The van der Waals surface area contributed by atoms with Crippen molar-refractivity contribution in [2.24, 2.45) is 5.10 Å². The fourth-order valence-electron chi connectivity index (χ4n) is 1.82. The second-order valence-corrected chi connectivity index (χ2v) is 4.15. The first-order chi connectivity index (χ1) is 9.10. The average molecular weight is 262 g/mol. The van der Waals surface area contributed by atoms with E-state index in [1.165, 1.54) is 5.01 Å². The van der Waals surface area contributed by atoms with Crippen LogP contribution in [0.5, 0.6) is 5.75 Å². The monoisotopic (exact) mass is 262 g/mol. The van der Waals surface area contributed by atoms with E-state index in [9.17, 15) is 9.59 Å². The highest BCUT2D eigenvalue weighted by atomic mass is 16.5. The molecule has 0 bridgehead atoms. The van der Waals surface area contributed by atoms with Gasteiger partial charge in [-0.2, -0.15) is 5.10 Å². The summed E-state index contributed by atoms with van der Waals surface area (Å²) in [6.07, 6.45) is 0.359. The Bertz CT molecular complexity index is 539. The molecule has 0 aliphatic carbocycles. The number of rotatable bonds is 4. The number of nitrogens with zero attached hydrogens (tertiary/aromatic N) is 2. The van der Waals surface area contributed by atoms with Gasteiger partial charge in [0.15, 0.2) is 0 Å². The Labute approximate surface area is 110 Å². The molecule has 1 aromatic carbocycles. The Balaban J connectivity index is 2.18. The molecule has 0 spiro atoms. The maximum absolute atomic E-state index is 11.7. The van der Waals surface area contributed by atoms with Crippen LogP contribution < -0.4 is 4.74 Å². The number of carboxylic acids is 1. The largest absolute Gasteiger partial charge is 0.497 e. The van der Waals surface area contributed by atoms with E-state index in [-0.39, 0.29) is 31.0 Å². The van der Waals surface area contributed by atoms with Gasteiger partial charge in [-0.25, -0.2) is 9.80 Å². The number of ether oxygens (including phenoxy) is 1. The molecule has 1 aromatic rings. The molecule has 0 saturated heterocycles. The van der Waals surface area contributed by atoms with E-state index in [1.807, 2.05) is 12.1 Å². The fraction of sp³-hybridized carbons (Fsp3) is 0.308. The van der Waals surface area contributed by atoms with Crippen LogP contribution in [0.4, 0.5) is 0 Å². The minimum Gasteiger partial charge on any atom is -0.497 e. The van der Waals surface area contributed by atoms with Crippen molar-refractivity contribution in [3.05, 3.63) is 29.8 Å². The Kier molecular flexibility index (Phi) is 3.79. The topological polar surface area (TPSA) is 79.2 Å². The Morgan fingerprint density at radius 1 is 1.47 bits per heavy atom. The fourth-order valence-corrected chi connectivity index (χ4v) is 1.82. The van der Waals surface area contributed by atoms with Crippen LogP contribution >= 0.6 is 0 Å². The summed E-state index contributed by atoms with van der Waals surface area (Å²) in [4.78, 5) is 22.6. The number of carbonyl (C=O) groups is 2. The Hall–Kier alpha value is -2.37. The lowest BCUT2D eigenvalue weighted by Crippen LogP contribution is -2.33. The van der Waals surface area contributed by atoms with Crippen molar-refractivity contribution in [3.63, 3.8) is 0 Å². The number of hydrogen-bond acceptors (Lipinski definition) is 4. The molecule has 0 atom stereocenters. The van der Waals surface area contributed by atoms with Crippen molar-refractivity contribution >= 4 is 17.6 Å². The molecular weight excluding hydrogens is 248 g/mol. The van der Waals surface area contributed by atoms with Crippen molar-refractivity contribution in [1.82, 2.24) is 5.01 Å². The van der Waals surface area contributed by atoms with Crippen molar-refractivity contribution in [2.45, 2.75) is 19.4 Å². The van der Waals surface area contributed by atoms with E-state index in [0.717, 1.165) is 5.56 Å². The predicted molar refractivity (Wildman–Crippen MR) is 67.8 cm³/mol. The van der Waals surface area contributed by atoms with E-state index in [1.54, 1.807) is 19.2 Å². The lowest BCUT2D eigenvalue weighted by atomic mass is 10.1. The van der Waals surface area contributed by atoms with E-state index in [2.05, 4.69) is 5.10 Å². The van der Waals surface area contributed by atoms with Crippen LogP contribution in [0.25, 0.3) is 0 Å². The molecule has 6 nitrogen and oxygen atoms in total. The lowest BCUT2D eigenvalue weighted by Gasteiger charge is -2.22. The molecule has 1 aliphatic heterocycles. The van der Waals surface area contributed by atoms with Gasteiger partial charge in [0, 0.05) is 12.8 Å². The highest BCUT2D eigenvalue weighted by Gasteiger charge is 2.24. The van der Waals surface area contributed by atoms with Crippen molar-refractivity contribution in [2.75, 3.05) is 7.11 Å². The van der Waals surface area contributed by atoms with Gasteiger partial charge in [-0.05, 0) is 17.7 Å². The first-order valence-corrected chi connectivity index (χ1v) is 5.84. The van der Waals surface area contributed by atoms with Crippen LogP contribution in [0.1, 0.15) is 18.4 Å². The predicted octanol–water partition coefficient (Wildman–Crippen LogP) is 1.26. The molecule has 0 saturated carbocycles. The Morgan fingerprint density at radius 2 is 2.26 bits per heavy atom. The molecule has 0 aromatic heterocycles. The molecule has 6 heteroatoms. The maximum Gasteiger partial charge on any atom is 0.352 e. The molecular formula is C13H14N2O4. The molecule has 1 amide bonds. The van der Waals surface area contributed by atoms with E-state index in [0.29, 0.717) is 5.75 Å². The Morgan fingerprint density at radius 3 is 2.95 bits per heavy atom. The summed E-state index contributed by atoms with van der Waals surface area (Å²) >= 11 is 0. The lowest BCUT2D eigenvalue weighted by molar-refractivity contribution is -0.133. The third-order valence-corrected chi connectivity index (χ3v) is 2.82. The standard InChI is InChI=1S/C13H14N2O4/c1-19-10-4-2-3-9(7-10)8-15-12(16)6-5-11(14-15)13(17)18/h2-4,7H,5-6,8H2,1H3,(H,17,18). The van der Waals surface area contributed by atoms with Gasteiger partial charge < -0.3 is 9.84 Å². The summed E-state index contributed by atoms with van der Waals surface area (Å²) in [5.41, 5.74) is 0.852. The van der Waals surface area contributed by atoms with Crippen molar-refractivity contribution in [3.8, 4) is 5.75 Å². The van der Waals surface area contributed by atoms with Gasteiger partial charge >= 0.3 is 5.97 Å². The number of methoxy groups -OCH3 is 1. The van der Waals surface area contributed by atoms with E-state index < -0.39 is 5.97 Å². The first-order valence-electron chi connectivity index (χ1n) is 5.84. The van der Waals surface area contributed by atoms with Gasteiger partial charge in [-0.3, -0.25) is 4.79 Å². The van der Waals surface area contributed by atoms with Crippen LogP contribution in [0.2, 0.25) is 0 Å². The second-order valence-electron chi connectivity index (χ2n) is 4.15. The van der Waals surface area contributed by atoms with Gasteiger partial charge in [0.05, 0.1) is 13.7 Å². The number of benzene rings is 1. The zero-order valence-corrected chi connectivity index (χ0v) is 10.5. The summed E-state index contributed by atoms with van der Waals surface area (Å²) < 4.78 is 5.10. The van der Waals surface area contributed by atoms with Gasteiger partial charge in [0.2, 0.25) is 5.91 Å². The number of hydrogen-bond donors (Lipinski definition) is 1. The number of carbonyl (C=O) groups excluding carboxylic acids is 1. The van der Waals surface area contributed by atoms with Gasteiger partial charge in [0.1, 0.15) is 11.5 Å². The third kappa shape index (κ3) is 3.09. The van der Waals surface area contributed by atoms with E-state index in [4.69, 9.17) is 9.84 Å². The van der Waals surface area contributed by atoms with Gasteiger partial charge in [0.25, 0.3) is 0 Å². The first kappa shape index (κ1) is 13.1. The summed E-state index contributed by atoms with van der Waals surface area (Å²) in [6.45, 7) is 0.243.